The number of hydrogen-bond acceptors (Lipinski definition) is 3. The molecule has 3 aromatic rings. The second-order valence-corrected chi connectivity index (χ2v) is 9.55. The number of benzene rings is 3. The van der Waals surface area contributed by atoms with Gasteiger partial charge in [0.1, 0.15) is 11.5 Å². The van der Waals surface area contributed by atoms with Gasteiger partial charge in [-0.2, -0.15) is 0 Å². The molecule has 0 heterocycles. The molecule has 0 saturated heterocycles. The maximum Gasteiger partial charge on any atom is 0.216 e. The van der Waals surface area contributed by atoms with Crippen LogP contribution in [0.25, 0.3) is 10.1 Å². The number of rotatable bonds is 8. The Kier molecular flexibility index (Phi) is 7.86. The number of halogens is 2. The Bertz CT molecular complexity index is 1070. The minimum Gasteiger partial charge on any atom is -0.497 e. The van der Waals surface area contributed by atoms with E-state index in [-0.39, 0.29) is 0 Å². The van der Waals surface area contributed by atoms with E-state index in [1.165, 1.54) is 18.7 Å². The van der Waals surface area contributed by atoms with Crippen LogP contribution in [0.5, 0.6) is 11.5 Å². The van der Waals surface area contributed by atoms with E-state index in [9.17, 15) is 4.57 Å². The Morgan fingerprint density at radius 2 is 1.32 bits per heavy atom. The monoisotopic (exact) mass is 473 g/mol. The predicted octanol–water partition coefficient (Wildman–Crippen LogP) is 7.87. The Hall–Kier alpha value is -2.65. The largest absolute Gasteiger partial charge is 0.497 e. The van der Waals surface area contributed by atoms with Gasteiger partial charge in [0.25, 0.3) is 0 Å². The van der Waals surface area contributed by atoms with Crippen LogP contribution in [0.2, 0.25) is 0 Å². The van der Waals surface area contributed by atoms with E-state index in [4.69, 9.17) is 32.7 Å². The highest BCUT2D eigenvalue weighted by atomic mass is 35.5. The highest BCUT2D eigenvalue weighted by Gasteiger charge is 2.22. The second-order valence-electron chi connectivity index (χ2n) is 6.57. The molecule has 3 rings (SSSR count). The van der Waals surface area contributed by atoms with Crippen molar-refractivity contribution in [2.45, 2.75) is 0 Å². The molecule has 0 aliphatic rings. The van der Waals surface area contributed by atoms with Crippen molar-refractivity contribution in [3.8, 4) is 11.5 Å². The molecule has 31 heavy (non-hydrogen) atoms. The van der Waals surface area contributed by atoms with Gasteiger partial charge in [-0.25, -0.2) is 0 Å². The summed E-state index contributed by atoms with van der Waals surface area (Å²) in [7, 11) is -0.330. The fourth-order valence-electron chi connectivity index (χ4n) is 2.87. The van der Waals surface area contributed by atoms with E-state index in [0.717, 1.165) is 11.1 Å². The number of hydrogen-bond donors (Lipinski definition) is 1. The van der Waals surface area contributed by atoms with Crippen LogP contribution in [-0.4, -0.2) is 14.2 Å². The lowest BCUT2D eigenvalue weighted by Crippen LogP contribution is -1.98. The first-order valence-electron chi connectivity index (χ1n) is 9.41. The average molecular weight is 474 g/mol. The molecule has 0 aliphatic carbocycles. The molecule has 4 nitrogen and oxygen atoms in total. The molecule has 0 amide bonds. The first kappa shape index (κ1) is 23.0. The summed E-state index contributed by atoms with van der Waals surface area (Å²) in [6.07, 6.45) is 0. The molecule has 0 saturated carbocycles. The van der Waals surface area contributed by atoms with Crippen LogP contribution in [0.1, 0.15) is 11.1 Å². The zero-order valence-electron chi connectivity index (χ0n) is 17.1. The summed E-state index contributed by atoms with van der Waals surface area (Å²) in [6.45, 7) is 0. The minimum atomic E-state index is -3.43. The average Bonchev–Trinajstić information content (AvgIpc) is 2.79. The van der Waals surface area contributed by atoms with Gasteiger partial charge in [-0.1, -0.05) is 83.9 Å². The summed E-state index contributed by atoms with van der Waals surface area (Å²) in [5.74, 6) is 4.09. The summed E-state index contributed by atoms with van der Waals surface area (Å²) >= 11 is 13.1. The van der Waals surface area contributed by atoms with Crippen molar-refractivity contribution in [3.63, 3.8) is 0 Å². The van der Waals surface area contributed by atoms with Crippen LogP contribution in [0.4, 0.5) is 5.69 Å². The Balaban J connectivity index is 2.10. The number of methoxy groups -OCH3 is 2. The van der Waals surface area contributed by atoms with Crippen LogP contribution in [0, 0.1) is 0 Å². The topological polar surface area (TPSA) is 47.6 Å². The SMILES string of the molecule is COc1ccc(OC)c(NP(=O)(/C=C(\Cl)c2ccccc2)/C=C(\Cl)c2ccccc2)c1. The van der Waals surface area contributed by atoms with Gasteiger partial charge in [-0.3, -0.25) is 4.57 Å². The third-order valence-electron chi connectivity index (χ3n) is 4.41. The molecule has 0 fully saturated rings. The summed E-state index contributed by atoms with van der Waals surface area (Å²) < 4.78 is 24.8. The van der Waals surface area contributed by atoms with Gasteiger partial charge in [-0.15, -0.1) is 0 Å². The lowest BCUT2D eigenvalue weighted by molar-refractivity contribution is 0.405. The van der Waals surface area contributed by atoms with Crippen LogP contribution in [-0.2, 0) is 4.57 Å². The van der Waals surface area contributed by atoms with E-state index in [1.54, 1.807) is 25.3 Å². The first-order valence-corrected chi connectivity index (χ1v) is 12.0. The summed E-state index contributed by atoms with van der Waals surface area (Å²) in [5.41, 5.74) is 1.98. The van der Waals surface area contributed by atoms with E-state index >= 15 is 0 Å². The second kappa shape index (κ2) is 10.6. The molecule has 0 atom stereocenters. The fraction of sp³-hybridized carbons (Fsp3) is 0.0833. The third-order valence-corrected chi connectivity index (χ3v) is 7.24. The molecule has 7 heteroatoms. The van der Waals surface area contributed by atoms with Gasteiger partial charge in [0, 0.05) is 17.7 Å². The van der Waals surface area contributed by atoms with Crippen molar-refractivity contribution in [2.24, 2.45) is 0 Å². The molecule has 0 spiro atoms. The van der Waals surface area contributed by atoms with Gasteiger partial charge in [0.05, 0.1) is 30.0 Å². The normalized spacial score (nSPS) is 12.4. The first-order chi connectivity index (χ1) is 14.9. The minimum absolute atomic E-state index is 0.340. The fourth-order valence-corrected chi connectivity index (χ4v) is 5.72. The summed E-state index contributed by atoms with van der Waals surface area (Å²) in [4.78, 5) is 0. The van der Waals surface area contributed by atoms with Crippen LogP contribution >= 0.6 is 30.5 Å². The van der Waals surface area contributed by atoms with E-state index in [0.29, 0.717) is 27.3 Å². The molecular weight excluding hydrogens is 452 g/mol. The molecular formula is C24H22Cl2NO3P. The van der Waals surface area contributed by atoms with E-state index in [1.807, 2.05) is 60.7 Å². The predicted molar refractivity (Wildman–Crippen MR) is 131 cm³/mol. The Morgan fingerprint density at radius 1 is 0.806 bits per heavy atom. The van der Waals surface area contributed by atoms with E-state index < -0.39 is 7.29 Å². The molecule has 160 valence electrons. The molecule has 0 aromatic heterocycles. The van der Waals surface area contributed by atoms with Crippen LogP contribution in [0.15, 0.2) is 90.5 Å². The van der Waals surface area contributed by atoms with E-state index in [2.05, 4.69) is 5.09 Å². The maximum atomic E-state index is 14.1. The highest BCUT2D eigenvalue weighted by molar-refractivity contribution is 7.72. The van der Waals surface area contributed by atoms with Crippen molar-refractivity contribution in [1.82, 2.24) is 0 Å². The molecule has 0 aliphatic heterocycles. The Morgan fingerprint density at radius 3 is 1.77 bits per heavy atom. The Labute approximate surface area is 192 Å². The summed E-state index contributed by atoms with van der Waals surface area (Å²) in [6, 6.07) is 23.8. The van der Waals surface area contributed by atoms with Gasteiger partial charge in [0.2, 0.25) is 7.29 Å². The lowest BCUT2D eigenvalue weighted by Gasteiger charge is -2.18. The number of nitrogens with one attached hydrogen (secondary N) is 1. The highest BCUT2D eigenvalue weighted by Crippen LogP contribution is 2.55. The van der Waals surface area contributed by atoms with Crippen molar-refractivity contribution in [1.29, 1.82) is 0 Å². The standard InChI is InChI=1S/C24H22Cl2NO3P/c1-29-20-13-14-24(30-2)23(15-20)27-31(28,16-21(25)18-9-5-3-6-10-18)17-22(26)19-11-7-4-8-12-19/h3-17H,1-2H3,(H,27,28)/b21-16-,22-17-. The molecule has 0 bridgehead atoms. The third kappa shape index (κ3) is 6.18. The maximum absolute atomic E-state index is 14.1. The van der Waals surface area contributed by atoms with Crippen LogP contribution < -0.4 is 14.6 Å². The van der Waals surface area contributed by atoms with Crippen molar-refractivity contribution < 1.29 is 14.0 Å². The van der Waals surface area contributed by atoms with Gasteiger partial charge in [-0.05, 0) is 23.3 Å². The van der Waals surface area contributed by atoms with Gasteiger partial charge in [0.15, 0.2) is 0 Å². The van der Waals surface area contributed by atoms with Crippen molar-refractivity contribution >= 4 is 46.2 Å². The summed E-state index contributed by atoms with van der Waals surface area (Å²) in [5, 5.41) is 3.76. The molecule has 0 unspecified atom stereocenters. The zero-order chi connectivity index (χ0) is 22.3. The number of ether oxygens (including phenoxy) is 2. The molecule has 0 radical (unpaired) electrons. The van der Waals surface area contributed by atoms with Gasteiger partial charge < -0.3 is 14.6 Å². The van der Waals surface area contributed by atoms with Crippen LogP contribution in [0.3, 0.4) is 0 Å². The lowest BCUT2D eigenvalue weighted by atomic mass is 10.2. The quantitative estimate of drug-likeness (QED) is 0.338. The zero-order valence-corrected chi connectivity index (χ0v) is 19.5. The van der Waals surface area contributed by atoms with Crippen molar-refractivity contribution in [2.75, 3.05) is 19.3 Å². The molecule has 3 aromatic carbocycles. The smallest absolute Gasteiger partial charge is 0.216 e. The number of anilines is 1. The van der Waals surface area contributed by atoms with Gasteiger partial charge >= 0.3 is 0 Å². The molecule has 1 N–H and O–H groups in total. The van der Waals surface area contributed by atoms with Crippen molar-refractivity contribution in [3.05, 3.63) is 102 Å².